The number of rotatable bonds is 6. The van der Waals surface area contributed by atoms with Crippen molar-refractivity contribution in [1.82, 2.24) is 4.90 Å². The molecule has 1 fully saturated rings. The van der Waals surface area contributed by atoms with E-state index >= 15 is 0 Å². The van der Waals surface area contributed by atoms with Crippen LogP contribution in [0.3, 0.4) is 0 Å². The van der Waals surface area contributed by atoms with Crippen LogP contribution in [0.2, 0.25) is 0 Å². The maximum atomic E-state index is 12.7. The number of carbonyl (C=O) groups is 1. The van der Waals surface area contributed by atoms with E-state index in [4.69, 9.17) is 4.74 Å². The number of hydrogen-bond donors (Lipinski definition) is 0. The average molecular weight is 351 g/mol. The first-order valence-corrected chi connectivity index (χ1v) is 9.60. The highest BCUT2D eigenvalue weighted by Gasteiger charge is 2.13. The SMILES string of the molecule is O=C(c1ccc(OCCN2CCCC2)cc1)c1cc2ccccc2s1. The average Bonchev–Trinajstić information content (AvgIpc) is 3.31. The third-order valence-corrected chi connectivity index (χ3v) is 5.76. The summed E-state index contributed by atoms with van der Waals surface area (Å²) in [5.41, 5.74) is 0.707. The van der Waals surface area contributed by atoms with E-state index in [1.54, 1.807) is 11.3 Å². The highest BCUT2D eigenvalue weighted by Crippen LogP contribution is 2.27. The molecule has 2 heterocycles. The van der Waals surface area contributed by atoms with Crippen molar-refractivity contribution in [3.05, 3.63) is 65.0 Å². The van der Waals surface area contributed by atoms with Crippen molar-refractivity contribution >= 4 is 27.2 Å². The first-order chi connectivity index (χ1) is 12.3. The van der Waals surface area contributed by atoms with Crippen LogP contribution in [0.1, 0.15) is 28.1 Å². The summed E-state index contributed by atoms with van der Waals surface area (Å²) in [7, 11) is 0. The first kappa shape index (κ1) is 16.3. The summed E-state index contributed by atoms with van der Waals surface area (Å²) in [6, 6.07) is 17.6. The molecular formula is C21H21NO2S. The Kier molecular flexibility index (Phi) is 4.81. The molecule has 0 amide bonds. The van der Waals surface area contributed by atoms with E-state index in [-0.39, 0.29) is 5.78 Å². The van der Waals surface area contributed by atoms with Crippen LogP contribution in [0, 0.1) is 0 Å². The summed E-state index contributed by atoms with van der Waals surface area (Å²) in [6.07, 6.45) is 2.60. The van der Waals surface area contributed by atoms with Gasteiger partial charge >= 0.3 is 0 Å². The highest BCUT2D eigenvalue weighted by molar-refractivity contribution is 7.21. The van der Waals surface area contributed by atoms with Gasteiger partial charge in [-0.2, -0.15) is 0 Å². The Hall–Kier alpha value is -2.17. The molecular weight excluding hydrogens is 330 g/mol. The Balaban J connectivity index is 1.39. The van der Waals surface area contributed by atoms with Gasteiger partial charge < -0.3 is 4.74 Å². The van der Waals surface area contributed by atoms with Crippen LogP contribution in [0.5, 0.6) is 5.75 Å². The molecule has 0 aliphatic carbocycles. The van der Waals surface area contributed by atoms with Gasteiger partial charge in [0.15, 0.2) is 0 Å². The van der Waals surface area contributed by atoms with Crippen LogP contribution in [-0.2, 0) is 0 Å². The van der Waals surface area contributed by atoms with Gasteiger partial charge in [-0.3, -0.25) is 9.69 Å². The van der Waals surface area contributed by atoms with Crippen LogP contribution in [-0.4, -0.2) is 36.9 Å². The largest absolute Gasteiger partial charge is 0.492 e. The predicted octanol–water partition coefficient (Wildman–Crippen LogP) is 4.61. The van der Waals surface area contributed by atoms with E-state index in [9.17, 15) is 4.79 Å². The minimum absolute atomic E-state index is 0.0739. The second-order valence-electron chi connectivity index (χ2n) is 6.40. The second kappa shape index (κ2) is 7.38. The smallest absolute Gasteiger partial charge is 0.202 e. The molecule has 0 N–H and O–H groups in total. The molecule has 4 rings (SSSR count). The monoisotopic (exact) mass is 351 g/mol. The van der Waals surface area contributed by atoms with Crippen molar-refractivity contribution < 1.29 is 9.53 Å². The van der Waals surface area contributed by atoms with Gasteiger partial charge in [0.1, 0.15) is 12.4 Å². The Labute approximate surface area is 151 Å². The molecule has 2 aromatic carbocycles. The maximum absolute atomic E-state index is 12.7. The van der Waals surface area contributed by atoms with Gasteiger partial charge in [-0.1, -0.05) is 18.2 Å². The lowest BCUT2D eigenvalue weighted by molar-refractivity contribution is 0.104. The quantitative estimate of drug-likeness (QED) is 0.608. The van der Waals surface area contributed by atoms with E-state index in [2.05, 4.69) is 4.90 Å². The Morgan fingerprint density at radius 2 is 1.80 bits per heavy atom. The van der Waals surface area contributed by atoms with Crippen molar-refractivity contribution in [3.8, 4) is 5.75 Å². The van der Waals surface area contributed by atoms with E-state index in [1.807, 2.05) is 54.6 Å². The van der Waals surface area contributed by atoms with Crippen molar-refractivity contribution in [2.24, 2.45) is 0 Å². The zero-order valence-corrected chi connectivity index (χ0v) is 14.9. The lowest BCUT2D eigenvalue weighted by Gasteiger charge is -2.14. The van der Waals surface area contributed by atoms with Crippen molar-refractivity contribution in [2.75, 3.05) is 26.2 Å². The lowest BCUT2D eigenvalue weighted by Crippen LogP contribution is -2.25. The van der Waals surface area contributed by atoms with Gasteiger partial charge in [0, 0.05) is 16.8 Å². The normalized spacial score (nSPS) is 14.9. The Morgan fingerprint density at radius 3 is 2.56 bits per heavy atom. The number of likely N-dealkylation sites (tertiary alicyclic amines) is 1. The van der Waals surface area contributed by atoms with Crippen LogP contribution < -0.4 is 4.74 Å². The van der Waals surface area contributed by atoms with E-state index in [1.165, 1.54) is 25.9 Å². The summed E-state index contributed by atoms with van der Waals surface area (Å²) in [5, 5.41) is 1.12. The molecule has 25 heavy (non-hydrogen) atoms. The summed E-state index contributed by atoms with van der Waals surface area (Å²) in [5.74, 6) is 0.900. The fraction of sp³-hybridized carbons (Fsp3) is 0.286. The first-order valence-electron chi connectivity index (χ1n) is 8.78. The highest BCUT2D eigenvalue weighted by atomic mass is 32.1. The number of carbonyl (C=O) groups excluding carboxylic acids is 1. The Morgan fingerprint density at radius 1 is 1.04 bits per heavy atom. The minimum atomic E-state index is 0.0739. The molecule has 0 unspecified atom stereocenters. The molecule has 0 spiro atoms. The van der Waals surface area contributed by atoms with Crippen molar-refractivity contribution in [2.45, 2.75) is 12.8 Å². The molecule has 1 aliphatic rings. The van der Waals surface area contributed by atoms with Gasteiger partial charge in [0.25, 0.3) is 0 Å². The van der Waals surface area contributed by atoms with Crippen LogP contribution in [0.4, 0.5) is 0 Å². The zero-order chi connectivity index (χ0) is 17.1. The lowest BCUT2D eigenvalue weighted by atomic mass is 10.1. The van der Waals surface area contributed by atoms with Gasteiger partial charge in [0.05, 0.1) is 4.88 Å². The number of ketones is 1. The fourth-order valence-electron chi connectivity index (χ4n) is 3.24. The number of hydrogen-bond acceptors (Lipinski definition) is 4. The van der Waals surface area contributed by atoms with E-state index in [0.717, 1.165) is 27.3 Å². The molecule has 0 saturated carbocycles. The number of thiophene rings is 1. The summed E-state index contributed by atoms with van der Waals surface area (Å²) < 4.78 is 6.95. The van der Waals surface area contributed by atoms with Crippen LogP contribution in [0.15, 0.2) is 54.6 Å². The number of ether oxygens (including phenoxy) is 1. The van der Waals surface area contributed by atoms with E-state index in [0.29, 0.717) is 12.2 Å². The predicted molar refractivity (Wildman–Crippen MR) is 103 cm³/mol. The van der Waals surface area contributed by atoms with Crippen LogP contribution in [0.25, 0.3) is 10.1 Å². The van der Waals surface area contributed by atoms with Crippen molar-refractivity contribution in [1.29, 1.82) is 0 Å². The number of nitrogens with zero attached hydrogens (tertiary/aromatic N) is 1. The molecule has 4 heteroatoms. The molecule has 3 nitrogen and oxygen atoms in total. The van der Waals surface area contributed by atoms with Crippen LogP contribution >= 0.6 is 11.3 Å². The molecule has 0 radical (unpaired) electrons. The summed E-state index contributed by atoms with van der Waals surface area (Å²) in [4.78, 5) is 15.9. The zero-order valence-electron chi connectivity index (χ0n) is 14.1. The van der Waals surface area contributed by atoms with Crippen molar-refractivity contribution in [3.63, 3.8) is 0 Å². The Bertz CT molecular complexity index is 830. The standard InChI is InChI=1S/C21H21NO2S/c23-21(20-15-17-5-1-2-6-19(17)25-20)16-7-9-18(10-8-16)24-14-13-22-11-3-4-12-22/h1-2,5-10,15H,3-4,11-14H2. The molecule has 0 atom stereocenters. The minimum Gasteiger partial charge on any atom is -0.492 e. The number of benzene rings is 2. The van der Waals surface area contributed by atoms with Gasteiger partial charge in [0.2, 0.25) is 5.78 Å². The summed E-state index contributed by atoms with van der Waals surface area (Å²) in [6.45, 7) is 4.05. The molecule has 128 valence electrons. The second-order valence-corrected chi connectivity index (χ2v) is 7.48. The molecule has 0 bridgehead atoms. The topological polar surface area (TPSA) is 29.5 Å². The molecule has 1 saturated heterocycles. The molecule has 3 aromatic rings. The summed E-state index contributed by atoms with van der Waals surface area (Å²) >= 11 is 1.55. The molecule has 1 aliphatic heterocycles. The maximum Gasteiger partial charge on any atom is 0.202 e. The van der Waals surface area contributed by atoms with Gasteiger partial charge in [-0.15, -0.1) is 11.3 Å². The third kappa shape index (κ3) is 3.75. The fourth-order valence-corrected chi connectivity index (χ4v) is 4.26. The molecule has 1 aromatic heterocycles. The number of fused-ring (bicyclic) bond motifs is 1. The van der Waals surface area contributed by atoms with Gasteiger partial charge in [-0.25, -0.2) is 0 Å². The van der Waals surface area contributed by atoms with Gasteiger partial charge in [-0.05, 0) is 67.7 Å². The third-order valence-electron chi connectivity index (χ3n) is 4.64. The van der Waals surface area contributed by atoms with E-state index < -0.39 is 0 Å².